The van der Waals surface area contributed by atoms with Gasteiger partial charge in [0.25, 0.3) is 0 Å². The summed E-state index contributed by atoms with van der Waals surface area (Å²) in [6, 6.07) is 5.70. The molecule has 0 bridgehead atoms. The van der Waals surface area contributed by atoms with Crippen molar-refractivity contribution in [2.24, 2.45) is 17.8 Å². The average Bonchev–Trinajstić information content (AvgIpc) is 3.69. The van der Waals surface area contributed by atoms with Gasteiger partial charge in [0.1, 0.15) is 17.3 Å². The molecule has 13 heteroatoms. The molecule has 0 saturated carbocycles. The predicted molar refractivity (Wildman–Crippen MR) is 181 cm³/mol. The first-order chi connectivity index (χ1) is 22.0. The fourth-order valence-corrected chi connectivity index (χ4v) is 6.27. The molecule has 1 aliphatic carbocycles. The number of nitrogens with zero attached hydrogens (tertiary/aromatic N) is 4. The molecule has 0 amide bonds. The van der Waals surface area contributed by atoms with E-state index in [2.05, 4.69) is 30.6 Å². The van der Waals surface area contributed by atoms with E-state index in [0.29, 0.717) is 43.6 Å². The normalized spacial score (nSPS) is 15.6. The Bertz CT molecular complexity index is 1390. The molecule has 46 heavy (non-hydrogen) atoms. The summed E-state index contributed by atoms with van der Waals surface area (Å²) in [6.45, 7) is 2.17. The van der Waals surface area contributed by atoms with Crippen molar-refractivity contribution in [3.05, 3.63) is 58.7 Å². The monoisotopic (exact) mass is 645 g/mol. The summed E-state index contributed by atoms with van der Waals surface area (Å²) in [5, 5.41) is 48.0. The predicted octanol–water partition coefficient (Wildman–Crippen LogP) is 2.97. The van der Waals surface area contributed by atoms with Gasteiger partial charge in [0.05, 0.1) is 18.6 Å². The molecule has 13 nitrogen and oxygen atoms in total. The Morgan fingerprint density at radius 3 is 2.15 bits per heavy atom. The van der Waals surface area contributed by atoms with Crippen LogP contribution in [-0.2, 0) is 35.6 Å². The van der Waals surface area contributed by atoms with Crippen LogP contribution in [0.4, 0.5) is 5.69 Å². The van der Waals surface area contributed by atoms with Crippen LogP contribution in [0.1, 0.15) is 69.8 Å². The number of benzene rings is 1. The van der Waals surface area contributed by atoms with E-state index in [0.717, 1.165) is 22.6 Å². The number of carbonyl (C=O) groups is 3. The summed E-state index contributed by atoms with van der Waals surface area (Å²) in [4.78, 5) is 42.0. The highest BCUT2D eigenvalue weighted by Gasteiger charge is 2.36. The fraction of sp³-hybridized carbons (Fsp3) is 0.545. The van der Waals surface area contributed by atoms with Crippen LogP contribution in [0.5, 0.6) is 5.75 Å². The number of hydrogen-bond acceptors (Lipinski definition) is 11. The zero-order valence-corrected chi connectivity index (χ0v) is 27.5. The van der Waals surface area contributed by atoms with Gasteiger partial charge in [0.15, 0.2) is 5.78 Å². The molecule has 0 fully saturated rings. The second-order valence-electron chi connectivity index (χ2n) is 12.3. The van der Waals surface area contributed by atoms with Crippen LogP contribution in [0.3, 0.4) is 0 Å². The minimum Gasteiger partial charge on any atom is -0.507 e. The van der Waals surface area contributed by atoms with Gasteiger partial charge in [-0.25, -0.2) is 0 Å². The topological polar surface area (TPSA) is 188 Å². The second-order valence-corrected chi connectivity index (χ2v) is 12.3. The first kappa shape index (κ1) is 36.6. The summed E-state index contributed by atoms with van der Waals surface area (Å²) in [7, 11) is 7.54. The molecule has 1 aliphatic rings. The van der Waals surface area contributed by atoms with E-state index < -0.39 is 12.5 Å². The van der Waals surface area contributed by atoms with E-state index in [4.69, 9.17) is 0 Å². The Labute approximate surface area is 274 Å². The summed E-state index contributed by atoms with van der Waals surface area (Å²) >= 11 is 0. The van der Waals surface area contributed by atoms with Gasteiger partial charge in [0, 0.05) is 92.0 Å². The molecule has 1 aromatic carbocycles. The summed E-state index contributed by atoms with van der Waals surface area (Å²) < 4.78 is 0. The van der Waals surface area contributed by atoms with Gasteiger partial charge in [-0.3, -0.25) is 29.5 Å². The maximum absolute atomic E-state index is 13.7. The van der Waals surface area contributed by atoms with Gasteiger partial charge in [-0.2, -0.15) is 10.2 Å². The third kappa shape index (κ3) is 9.79. The number of phenols is 1. The van der Waals surface area contributed by atoms with Crippen molar-refractivity contribution in [2.75, 3.05) is 46.3 Å². The minimum atomic E-state index is -0.785. The van der Waals surface area contributed by atoms with Crippen molar-refractivity contribution in [1.82, 2.24) is 30.6 Å². The highest BCUT2D eigenvalue weighted by Crippen LogP contribution is 2.43. The Morgan fingerprint density at radius 2 is 1.67 bits per heavy atom. The van der Waals surface area contributed by atoms with E-state index in [-0.39, 0.29) is 65.1 Å². The number of H-pyrrole nitrogens is 2. The fourth-order valence-electron chi connectivity index (χ4n) is 6.27. The lowest BCUT2D eigenvalue weighted by Gasteiger charge is -2.33. The number of phenolic OH excluding ortho intramolecular Hbond substituents is 1. The largest absolute Gasteiger partial charge is 0.507 e. The van der Waals surface area contributed by atoms with Crippen molar-refractivity contribution in [3.63, 3.8) is 0 Å². The number of aromatic nitrogens is 4. The first-order valence-corrected chi connectivity index (χ1v) is 15.6. The van der Waals surface area contributed by atoms with Gasteiger partial charge >= 0.3 is 0 Å². The minimum absolute atomic E-state index is 0. The molecule has 2 aromatic heterocycles. The Hall–Kier alpha value is -3.91. The number of nitrogens with one attached hydrogen (secondary N) is 3. The highest BCUT2D eigenvalue weighted by atomic mass is 16.3. The van der Waals surface area contributed by atoms with Crippen LogP contribution in [0.15, 0.2) is 30.6 Å². The van der Waals surface area contributed by atoms with Crippen LogP contribution in [0.2, 0.25) is 0 Å². The van der Waals surface area contributed by atoms with E-state index in [1.165, 1.54) is 6.92 Å². The Kier molecular flexibility index (Phi) is 14.1. The number of aromatic amines is 2. The number of aromatic hydroxyl groups is 1. The molecule has 2 heterocycles. The number of aliphatic hydroxyl groups is 2. The van der Waals surface area contributed by atoms with Gasteiger partial charge in [0.2, 0.25) is 0 Å². The number of rotatable bonds is 16. The maximum Gasteiger partial charge on any atom is 0.167 e. The molecule has 6 N–H and O–H groups in total. The van der Waals surface area contributed by atoms with Crippen molar-refractivity contribution < 1.29 is 34.0 Å². The zero-order chi connectivity index (χ0) is 33.8. The van der Waals surface area contributed by atoms with Crippen LogP contribution < -0.4 is 10.2 Å². The van der Waals surface area contributed by atoms with E-state index in [1.807, 2.05) is 51.3 Å². The molecular weight excluding hydrogens is 590 g/mol. The van der Waals surface area contributed by atoms with Crippen LogP contribution >= 0.6 is 0 Å². The van der Waals surface area contributed by atoms with Crippen LogP contribution in [0.25, 0.3) is 0 Å². The summed E-state index contributed by atoms with van der Waals surface area (Å²) in [5.74, 6) is -2.15. The number of anilines is 1. The number of hydrogen-bond donors (Lipinski definition) is 6. The number of carbonyl (C=O) groups excluding carboxylic acids is 3. The molecule has 0 spiro atoms. The van der Waals surface area contributed by atoms with Crippen LogP contribution in [0, 0.1) is 17.8 Å². The van der Waals surface area contributed by atoms with Crippen molar-refractivity contribution in [1.29, 1.82) is 0 Å². The molecule has 258 valence electrons. The van der Waals surface area contributed by atoms with Gasteiger partial charge in [-0.15, -0.1) is 0 Å². The van der Waals surface area contributed by atoms with Gasteiger partial charge in [-0.1, -0.05) is 0 Å². The Balaban J connectivity index is 0.00000370. The van der Waals surface area contributed by atoms with E-state index in [1.54, 1.807) is 12.4 Å². The SMILES string of the molecule is CC(=O)CC(=O)C(CO)C(CCO)CC1CC(=O)c2c(O)c(CN(Cc3ccn[nH]3)Cc3ccn[nH]3)cc(N(C)C)c2C1.CNC.[HH].[HH].[HH]. The van der Waals surface area contributed by atoms with Crippen molar-refractivity contribution in [2.45, 2.75) is 58.7 Å². The smallest absolute Gasteiger partial charge is 0.167 e. The number of fused-ring (bicyclic) bond motifs is 1. The van der Waals surface area contributed by atoms with Gasteiger partial charge in [-0.05, 0) is 75.9 Å². The lowest BCUT2D eigenvalue weighted by atomic mass is 9.73. The third-order valence-corrected chi connectivity index (χ3v) is 8.23. The second kappa shape index (κ2) is 17.7. The van der Waals surface area contributed by atoms with Crippen molar-refractivity contribution in [3.8, 4) is 5.75 Å². The summed E-state index contributed by atoms with van der Waals surface area (Å²) in [6.07, 6.45) is 4.48. The maximum atomic E-state index is 13.7. The summed E-state index contributed by atoms with van der Waals surface area (Å²) in [5.41, 5.74) is 4.34. The molecule has 0 saturated heterocycles. The van der Waals surface area contributed by atoms with E-state index >= 15 is 0 Å². The molecule has 3 atom stereocenters. The Morgan fingerprint density at radius 1 is 1.07 bits per heavy atom. The third-order valence-electron chi connectivity index (χ3n) is 8.23. The molecule has 3 unspecified atom stereocenters. The molecule has 0 radical (unpaired) electrons. The molecular formula is C33H55N7O6. The highest BCUT2D eigenvalue weighted by molar-refractivity contribution is 6.03. The van der Waals surface area contributed by atoms with E-state index in [9.17, 15) is 29.7 Å². The first-order valence-electron chi connectivity index (χ1n) is 15.6. The van der Waals surface area contributed by atoms with Crippen molar-refractivity contribution >= 4 is 23.0 Å². The number of ketones is 3. The average molecular weight is 646 g/mol. The zero-order valence-electron chi connectivity index (χ0n) is 27.5. The number of aliphatic hydroxyl groups excluding tert-OH is 2. The number of Topliss-reactive ketones (excluding diaryl/α,β-unsaturated/α-hetero) is 3. The molecule has 4 rings (SSSR count). The molecule has 3 aromatic rings. The standard InChI is InChI=1S/C31H42N6O6.C2H7N.3H2/c1-19(40)10-28(41)26(18-39)21(6-9-38)11-20-12-25-27(36(2)3)14-22(31(43)30(25)29(42)13-20)15-37(16-23-4-7-32-34-23)17-24-5-8-33-35-24;1-3-2;;;/h4-5,7-8,14,20-21,26,38-39,43H,6,9-13,15-18H2,1-3H3,(H,32,34)(H,33,35);3H,1-2H3;3*1H. The quantitative estimate of drug-likeness (QED) is 0.126. The lowest BCUT2D eigenvalue weighted by Crippen LogP contribution is -2.33. The van der Waals surface area contributed by atoms with Crippen LogP contribution in [-0.4, -0.2) is 99.4 Å². The molecule has 0 aliphatic heterocycles. The lowest BCUT2D eigenvalue weighted by molar-refractivity contribution is -0.131. The van der Waals surface area contributed by atoms with Gasteiger partial charge < -0.3 is 25.5 Å².